The highest BCUT2D eigenvalue weighted by molar-refractivity contribution is 6.01. The molecule has 1 aliphatic heterocycles. The predicted molar refractivity (Wildman–Crippen MR) is 168 cm³/mol. The third kappa shape index (κ3) is 9.15. The molecule has 1 aliphatic carbocycles. The van der Waals surface area contributed by atoms with E-state index >= 15 is 0 Å². The number of amides is 3. The Kier molecular flexibility index (Phi) is 11.0. The molecule has 0 radical (unpaired) electrons. The van der Waals surface area contributed by atoms with Gasteiger partial charge in [0.05, 0.1) is 12.6 Å². The van der Waals surface area contributed by atoms with Crippen LogP contribution >= 0.6 is 0 Å². The first-order valence-corrected chi connectivity index (χ1v) is 15.9. The molecule has 8 nitrogen and oxygen atoms in total. The van der Waals surface area contributed by atoms with Crippen molar-refractivity contribution in [2.24, 2.45) is 0 Å². The van der Waals surface area contributed by atoms with E-state index in [0.717, 1.165) is 68.2 Å². The standard InChI is InChI=1S/C35H47N3O5/c1-5-13-26-20-27(23-29(21-26)37-19-12-18-32(37)40)33(41)36-30(22-25-14-8-6-9-15-25)31(39)24-38(28-16-10-7-11-17-28)34(42)43-35(2,3)4/h6,8-9,14-15,20-21,23,28,30H,5,7,10-13,16-19,22,24H2,1-4H3,(H,36,41)/t30-/m0/s1. The molecule has 232 valence electrons. The van der Waals surface area contributed by atoms with Crippen LogP contribution in [0.5, 0.6) is 0 Å². The topological polar surface area (TPSA) is 96.0 Å². The van der Waals surface area contributed by atoms with Gasteiger partial charge in [-0.1, -0.05) is 62.9 Å². The maximum absolute atomic E-state index is 14.0. The Bertz CT molecular complexity index is 1280. The minimum absolute atomic E-state index is 0.0575. The highest BCUT2D eigenvalue weighted by atomic mass is 16.6. The van der Waals surface area contributed by atoms with Crippen molar-refractivity contribution in [3.05, 3.63) is 65.2 Å². The first kappa shape index (κ1) is 32.2. The minimum atomic E-state index is -0.852. The van der Waals surface area contributed by atoms with Crippen molar-refractivity contribution in [2.75, 3.05) is 18.0 Å². The summed E-state index contributed by atoms with van der Waals surface area (Å²) in [6.07, 6.45) is 7.52. The number of carbonyl (C=O) groups excluding carboxylic acids is 4. The molecular weight excluding hydrogens is 542 g/mol. The summed E-state index contributed by atoms with van der Waals surface area (Å²) < 4.78 is 5.72. The number of anilines is 1. The summed E-state index contributed by atoms with van der Waals surface area (Å²) in [4.78, 5) is 57.0. The predicted octanol–water partition coefficient (Wildman–Crippen LogP) is 6.25. The zero-order valence-corrected chi connectivity index (χ0v) is 26.2. The smallest absolute Gasteiger partial charge is 0.410 e. The van der Waals surface area contributed by atoms with E-state index in [2.05, 4.69) is 12.2 Å². The number of hydrogen-bond acceptors (Lipinski definition) is 5. The fourth-order valence-corrected chi connectivity index (χ4v) is 5.99. The van der Waals surface area contributed by atoms with Crippen molar-refractivity contribution in [1.82, 2.24) is 10.2 Å². The van der Waals surface area contributed by atoms with E-state index in [9.17, 15) is 19.2 Å². The van der Waals surface area contributed by atoms with Gasteiger partial charge in [0, 0.05) is 30.3 Å². The molecule has 8 heteroatoms. The lowest BCUT2D eigenvalue weighted by molar-refractivity contribution is -0.122. The van der Waals surface area contributed by atoms with Gasteiger partial charge in [-0.15, -0.1) is 0 Å². The van der Waals surface area contributed by atoms with Crippen molar-refractivity contribution >= 4 is 29.4 Å². The van der Waals surface area contributed by atoms with Gasteiger partial charge < -0.3 is 15.0 Å². The third-order valence-electron chi connectivity index (χ3n) is 8.11. The van der Waals surface area contributed by atoms with Crippen LogP contribution in [0.1, 0.15) is 101 Å². The number of aryl methyl sites for hydroxylation is 1. The Morgan fingerprint density at radius 2 is 1.72 bits per heavy atom. The Labute approximate surface area is 256 Å². The average Bonchev–Trinajstić information content (AvgIpc) is 3.41. The molecule has 0 bridgehead atoms. The molecule has 2 aromatic rings. The van der Waals surface area contributed by atoms with Crippen LogP contribution in [0.3, 0.4) is 0 Å². The second-order valence-electron chi connectivity index (χ2n) is 12.9. The number of ketones is 1. The number of Topliss-reactive ketones (excluding diaryl/α,β-unsaturated/α-hetero) is 1. The number of nitrogens with one attached hydrogen (secondary N) is 1. The molecule has 1 saturated carbocycles. The molecule has 3 amide bonds. The summed E-state index contributed by atoms with van der Waals surface area (Å²) in [5.74, 6) is -0.558. The van der Waals surface area contributed by atoms with E-state index in [4.69, 9.17) is 4.74 Å². The monoisotopic (exact) mass is 589 g/mol. The Morgan fingerprint density at radius 3 is 2.35 bits per heavy atom. The Balaban J connectivity index is 1.60. The molecule has 0 unspecified atom stereocenters. The Hall–Kier alpha value is -3.68. The van der Waals surface area contributed by atoms with Gasteiger partial charge in [0.2, 0.25) is 5.91 Å². The van der Waals surface area contributed by atoms with Crippen molar-refractivity contribution < 1.29 is 23.9 Å². The molecule has 1 saturated heterocycles. The largest absolute Gasteiger partial charge is 0.444 e. The zero-order valence-electron chi connectivity index (χ0n) is 26.2. The van der Waals surface area contributed by atoms with Gasteiger partial charge in [0.15, 0.2) is 5.78 Å². The summed E-state index contributed by atoms with van der Waals surface area (Å²) in [7, 11) is 0. The minimum Gasteiger partial charge on any atom is -0.444 e. The number of hydrogen-bond donors (Lipinski definition) is 1. The van der Waals surface area contributed by atoms with Gasteiger partial charge >= 0.3 is 6.09 Å². The van der Waals surface area contributed by atoms with Crippen molar-refractivity contribution in [2.45, 2.75) is 110 Å². The molecule has 2 aliphatic rings. The third-order valence-corrected chi connectivity index (χ3v) is 8.11. The van der Waals surface area contributed by atoms with Gasteiger partial charge in [-0.05, 0) is 82.2 Å². The molecular formula is C35H47N3O5. The van der Waals surface area contributed by atoms with E-state index in [1.54, 1.807) is 15.9 Å². The van der Waals surface area contributed by atoms with Crippen LogP contribution in [0.4, 0.5) is 10.5 Å². The summed E-state index contributed by atoms with van der Waals surface area (Å²) in [5.41, 5.74) is 2.33. The van der Waals surface area contributed by atoms with E-state index < -0.39 is 17.7 Å². The molecule has 1 N–H and O–H groups in total. The number of benzene rings is 2. The maximum atomic E-state index is 14.0. The van der Waals surface area contributed by atoms with Crippen molar-refractivity contribution in [3.8, 4) is 0 Å². The molecule has 2 aromatic carbocycles. The molecule has 0 spiro atoms. The molecule has 4 rings (SSSR count). The van der Waals surface area contributed by atoms with Gasteiger partial charge in [-0.3, -0.25) is 19.3 Å². The normalized spacial score (nSPS) is 16.6. The number of nitrogens with zero attached hydrogens (tertiary/aromatic N) is 2. The molecule has 43 heavy (non-hydrogen) atoms. The van der Waals surface area contributed by atoms with Crippen LogP contribution < -0.4 is 10.2 Å². The number of carbonyl (C=O) groups is 4. The van der Waals surface area contributed by atoms with Crippen LogP contribution in [0.15, 0.2) is 48.5 Å². The fourth-order valence-electron chi connectivity index (χ4n) is 5.99. The molecule has 0 aromatic heterocycles. The van der Waals surface area contributed by atoms with Crippen LogP contribution in [0.25, 0.3) is 0 Å². The quantitative estimate of drug-likeness (QED) is 0.335. The zero-order chi connectivity index (χ0) is 31.0. The lowest BCUT2D eigenvalue weighted by atomic mass is 9.93. The first-order chi connectivity index (χ1) is 20.5. The number of rotatable bonds is 11. The van der Waals surface area contributed by atoms with Gasteiger partial charge in [-0.25, -0.2) is 4.79 Å². The maximum Gasteiger partial charge on any atom is 0.410 e. The van der Waals surface area contributed by atoms with E-state index in [-0.39, 0.29) is 30.2 Å². The fraction of sp³-hybridized carbons (Fsp3) is 0.543. The molecule has 1 heterocycles. The second-order valence-corrected chi connectivity index (χ2v) is 12.9. The Morgan fingerprint density at radius 1 is 1.00 bits per heavy atom. The lowest BCUT2D eigenvalue weighted by Crippen LogP contribution is -2.51. The lowest BCUT2D eigenvalue weighted by Gasteiger charge is -2.36. The summed E-state index contributed by atoms with van der Waals surface area (Å²) in [6.45, 7) is 8.03. The van der Waals surface area contributed by atoms with E-state index in [0.29, 0.717) is 24.9 Å². The highest BCUT2D eigenvalue weighted by Gasteiger charge is 2.33. The highest BCUT2D eigenvalue weighted by Crippen LogP contribution is 2.27. The molecule has 1 atom stereocenters. The molecule has 2 fully saturated rings. The van der Waals surface area contributed by atoms with Crippen LogP contribution in [-0.2, 0) is 27.2 Å². The van der Waals surface area contributed by atoms with E-state index in [1.165, 1.54) is 0 Å². The summed E-state index contributed by atoms with van der Waals surface area (Å²) >= 11 is 0. The van der Waals surface area contributed by atoms with Gasteiger partial charge in [-0.2, -0.15) is 0 Å². The van der Waals surface area contributed by atoms with Gasteiger partial charge in [0.25, 0.3) is 5.91 Å². The summed E-state index contributed by atoms with van der Waals surface area (Å²) in [6, 6.07) is 14.2. The first-order valence-electron chi connectivity index (χ1n) is 15.9. The van der Waals surface area contributed by atoms with E-state index in [1.807, 2.05) is 63.2 Å². The number of ether oxygens (including phenoxy) is 1. The van der Waals surface area contributed by atoms with Crippen LogP contribution in [-0.4, -0.2) is 59.4 Å². The van der Waals surface area contributed by atoms with Crippen molar-refractivity contribution in [1.29, 1.82) is 0 Å². The summed E-state index contributed by atoms with van der Waals surface area (Å²) in [5, 5.41) is 3.00. The second kappa shape index (κ2) is 14.7. The van der Waals surface area contributed by atoms with Gasteiger partial charge in [0.1, 0.15) is 5.60 Å². The average molecular weight is 590 g/mol. The SMILES string of the molecule is CCCc1cc(C(=O)N[C@@H](Cc2ccccc2)C(=O)CN(C(=O)OC(C)(C)C)C2CCCCC2)cc(N2CCCC2=O)c1. The van der Waals surface area contributed by atoms with Crippen LogP contribution in [0.2, 0.25) is 0 Å². The van der Waals surface area contributed by atoms with Crippen LogP contribution in [0, 0.1) is 0 Å². The van der Waals surface area contributed by atoms with Crippen molar-refractivity contribution in [3.63, 3.8) is 0 Å².